The Hall–Kier alpha value is -3.34. The number of hydrogen-bond acceptors (Lipinski definition) is 8. The zero-order valence-corrected chi connectivity index (χ0v) is 21.7. The fraction of sp³-hybridized carbons (Fsp3) is 0.231. The summed E-state index contributed by atoms with van der Waals surface area (Å²) in [5, 5.41) is 25.0. The molecule has 0 bridgehead atoms. The number of aliphatic hydroxyl groups excluding tert-OH is 2. The number of rotatable bonds is 4. The van der Waals surface area contributed by atoms with E-state index in [1.807, 2.05) is 6.07 Å². The minimum Gasteiger partial charge on any atom is -0.511 e. The van der Waals surface area contributed by atoms with Crippen LogP contribution in [0.15, 0.2) is 64.3 Å². The lowest BCUT2D eigenvalue weighted by Crippen LogP contribution is -2.57. The van der Waals surface area contributed by atoms with E-state index in [0.717, 1.165) is 0 Å². The number of ether oxygens (including phenoxy) is 1. The van der Waals surface area contributed by atoms with Gasteiger partial charge >= 0.3 is 0 Å². The summed E-state index contributed by atoms with van der Waals surface area (Å²) in [4.78, 5) is 40.3. The smallest absolute Gasteiger partial charge is 0.255 e. The van der Waals surface area contributed by atoms with Crippen molar-refractivity contribution in [2.75, 3.05) is 7.11 Å². The van der Waals surface area contributed by atoms with Crippen molar-refractivity contribution in [3.8, 4) is 5.75 Å². The lowest BCUT2D eigenvalue weighted by Gasteiger charge is -2.44. The molecule has 3 aliphatic rings. The molecule has 1 saturated carbocycles. The summed E-state index contributed by atoms with van der Waals surface area (Å²) in [6.45, 7) is 0. The fourth-order valence-electron chi connectivity index (χ4n) is 5.25. The Morgan fingerprint density at radius 2 is 1.86 bits per heavy atom. The number of methoxy groups -OCH3 is 1. The van der Waals surface area contributed by atoms with Crippen LogP contribution in [0.3, 0.4) is 0 Å². The largest absolute Gasteiger partial charge is 0.511 e. The average Bonchev–Trinajstić information content (AvgIpc) is 2.87. The molecule has 0 aromatic heterocycles. The summed E-state index contributed by atoms with van der Waals surface area (Å²) in [6, 6.07) is 11.0. The second kappa shape index (κ2) is 9.51. The molecule has 4 unspecified atom stereocenters. The molecule has 8 nitrogen and oxygen atoms in total. The van der Waals surface area contributed by atoms with E-state index in [2.05, 4.69) is 5.32 Å². The molecule has 1 heterocycles. The van der Waals surface area contributed by atoms with Gasteiger partial charge in [0.05, 0.1) is 35.2 Å². The van der Waals surface area contributed by atoms with Gasteiger partial charge in [-0.2, -0.15) is 0 Å². The summed E-state index contributed by atoms with van der Waals surface area (Å²) in [7, 11) is 1.43. The molecule has 11 heteroatoms. The molecule has 0 spiro atoms. The number of primary amides is 1. The van der Waals surface area contributed by atoms with Crippen molar-refractivity contribution in [2.45, 2.75) is 22.6 Å². The predicted octanol–water partition coefficient (Wildman–Crippen LogP) is 3.51. The van der Waals surface area contributed by atoms with E-state index in [0.29, 0.717) is 21.2 Å². The van der Waals surface area contributed by atoms with Gasteiger partial charge in [0.25, 0.3) is 5.91 Å². The third-order valence-electron chi connectivity index (χ3n) is 6.90. The first-order chi connectivity index (χ1) is 17.6. The number of allylic oxidation sites excluding steroid dienone is 1. The number of hydrogen-bond donors (Lipinski definition) is 4. The van der Waals surface area contributed by atoms with Gasteiger partial charge in [0.15, 0.2) is 11.6 Å². The number of halogens is 1. The minimum absolute atomic E-state index is 0.0634. The lowest BCUT2D eigenvalue weighted by molar-refractivity contribution is -0.128. The average molecular weight is 557 g/mol. The molecule has 0 radical (unpaired) electrons. The van der Waals surface area contributed by atoms with Gasteiger partial charge < -0.3 is 26.0 Å². The Bertz CT molecular complexity index is 1440. The first kappa shape index (κ1) is 25.3. The number of carbonyl (C=O) groups is 3. The van der Waals surface area contributed by atoms with Crippen molar-refractivity contribution < 1.29 is 29.3 Å². The highest BCUT2D eigenvalue weighted by Crippen LogP contribution is 2.54. The van der Waals surface area contributed by atoms with Crippen LogP contribution in [0.5, 0.6) is 5.75 Å². The number of carbonyl (C=O) groups excluding carboxylic acids is 3. The van der Waals surface area contributed by atoms with Crippen LogP contribution in [0, 0.1) is 11.8 Å². The van der Waals surface area contributed by atoms with Crippen LogP contribution < -0.4 is 15.8 Å². The third-order valence-corrected chi connectivity index (χ3v) is 9.06. The second-order valence-electron chi connectivity index (χ2n) is 8.87. The number of benzene rings is 2. The van der Waals surface area contributed by atoms with Gasteiger partial charge in [-0.3, -0.25) is 14.4 Å². The molecule has 1 fully saturated rings. The molecule has 1 aliphatic heterocycles. The number of amides is 1. The maximum absolute atomic E-state index is 13.9. The summed E-state index contributed by atoms with van der Waals surface area (Å²) in [6.07, 6.45) is 0.199. The van der Waals surface area contributed by atoms with E-state index in [4.69, 9.17) is 34.3 Å². The molecule has 0 saturated heterocycles. The number of thiocarbonyl (C=S) groups is 1. The molecule has 1 amide bonds. The van der Waals surface area contributed by atoms with E-state index in [1.165, 1.54) is 18.9 Å². The molecule has 5 N–H and O–H groups in total. The topological polar surface area (TPSA) is 139 Å². The zero-order chi connectivity index (χ0) is 26.6. The SMILES string of the molecule is COc1ccc(Cl)c2c1C(O)=C1C(=O)C3C(O)=C(C(N)=O)C(=O)C(NC(=S)c4ccccc4)C3CC1S2. The predicted molar refractivity (Wildman–Crippen MR) is 143 cm³/mol. The van der Waals surface area contributed by atoms with E-state index in [1.54, 1.807) is 36.4 Å². The van der Waals surface area contributed by atoms with Crippen LogP contribution in [-0.2, 0) is 14.4 Å². The van der Waals surface area contributed by atoms with E-state index in [-0.39, 0.29) is 28.3 Å². The molecule has 5 rings (SSSR count). The van der Waals surface area contributed by atoms with E-state index < -0.39 is 51.9 Å². The normalized spacial score (nSPS) is 24.7. The van der Waals surface area contributed by atoms with Gasteiger partial charge in [0.1, 0.15) is 27.8 Å². The van der Waals surface area contributed by atoms with Crippen LogP contribution in [0.25, 0.3) is 5.76 Å². The summed E-state index contributed by atoms with van der Waals surface area (Å²) >= 11 is 13.2. The Morgan fingerprint density at radius 3 is 2.51 bits per heavy atom. The fourth-order valence-corrected chi connectivity index (χ4v) is 7.24. The molecule has 2 aromatic carbocycles. The number of nitrogens with two attached hydrogens (primary N) is 1. The van der Waals surface area contributed by atoms with Crippen molar-refractivity contribution in [3.63, 3.8) is 0 Å². The molecule has 2 aromatic rings. The highest BCUT2D eigenvalue weighted by molar-refractivity contribution is 8.00. The summed E-state index contributed by atoms with van der Waals surface area (Å²) < 4.78 is 5.38. The minimum atomic E-state index is -1.28. The highest BCUT2D eigenvalue weighted by Gasteiger charge is 2.55. The number of ketones is 2. The van der Waals surface area contributed by atoms with Gasteiger partial charge in [0.2, 0.25) is 0 Å². The van der Waals surface area contributed by atoms with Gasteiger partial charge in [-0.1, -0.05) is 54.2 Å². The second-order valence-corrected chi connectivity index (χ2v) is 10.9. The van der Waals surface area contributed by atoms with E-state index >= 15 is 0 Å². The molecule has 190 valence electrons. The number of nitrogens with one attached hydrogen (secondary N) is 1. The van der Waals surface area contributed by atoms with Crippen LogP contribution in [0.1, 0.15) is 17.5 Å². The quantitative estimate of drug-likeness (QED) is 0.329. The Labute approximate surface area is 226 Å². The van der Waals surface area contributed by atoms with Crippen molar-refractivity contribution in [1.82, 2.24) is 5.32 Å². The first-order valence-corrected chi connectivity index (χ1v) is 13.0. The van der Waals surface area contributed by atoms with Crippen molar-refractivity contribution >= 4 is 63.8 Å². The number of fused-ring (bicyclic) bond motifs is 3. The maximum atomic E-state index is 13.9. The Kier molecular flexibility index (Phi) is 6.51. The molecular formula is C26H21ClN2O6S2. The first-order valence-electron chi connectivity index (χ1n) is 11.3. The van der Waals surface area contributed by atoms with Gasteiger partial charge in [-0.15, -0.1) is 11.8 Å². The van der Waals surface area contributed by atoms with E-state index in [9.17, 15) is 24.6 Å². The summed E-state index contributed by atoms with van der Waals surface area (Å²) in [5.74, 6) is -5.23. The highest BCUT2D eigenvalue weighted by atomic mass is 35.5. The van der Waals surface area contributed by atoms with Crippen molar-refractivity contribution in [2.24, 2.45) is 17.6 Å². The molecule has 4 atom stereocenters. The van der Waals surface area contributed by atoms with Gasteiger partial charge in [-0.25, -0.2) is 0 Å². The van der Waals surface area contributed by atoms with Crippen LogP contribution in [0.4, 0.5) is 0 Å². The van der Waals surface area contributed by atoms with Gasteiger partial charge in [-0.05, 0) is 18.6 Å². The monoisotopic (exact) mass is 556 g/mol. The molecular weight excluding hydrogens is 536 g/mol. The number of thioether (sulfide) groups is 1. The van der Waals surface area contributed by atoms with Crippen LogP contribution >= 0.6 is 35.6 Å². The summed E-state index contributed by atoms with van der Waals surface area (Å²) in [5.41, 5.74) is 5.79. The molecule has 2 aliphatic carbocycles. The number of aliphatic hydroxyl groups is 2. The van der Waals surface area contributed by atoms with Crippen molar-refractivity contribution in [3.05, 3.63) is 75.5 Å². The lowest BCUT2D eigenvalue weighted by atomic mass is 9.65. The number of Topliss-reactive ketones (excluding diaryl/α,β-unsaturated/α-hetero) is 2. The zero-order valence-electron chi connectivity index (χ0n) is 19.4. The Morgan fingerprint density at radius 1 is 1.16 bits per heavy atom. The Balaban J connectivity index is 1.63. The van der Waals surface area contributed by atoms with Crippen LogP contribution in [0.2, 0.25) is 5.02 Å². The maximum Gasteiger partial charge on any atom is 0.255 e. The standard InChI is InChI=1S/C26H21ClN2O6S2/c1-35-13-8-7-12(27)24-16(13)22(32)17-14(37-24)9-11-15(20(17)30)21(31)18(25(28)34)23(33)19(11)29-26(36)10-5-3-2-4-6-10/h2-8,11,14-15,19,31-32H,9H2,1H3,(H2,28,34)(H,29,36). The van der Waals surface area contributed by atoms with Crippen molar-refractivity contribution in [1.29, 1.82) is 0 Å². The van der Waals surface area contributed by atoms with Gasteiger partial charge in [0, 0.05) is 21.6 Å². The van der Waals surface area contributed by atoms with Crippen LogP contribution in [-0.4, -0.2) is 51.1 Å². The molecule has 37 heavy (non-hydrogen) atoms. The third kappa shape index (κ3) is 4.00.